The predicted molar refractivity (Wildman–Crippen MR) is 113 cm³/mol. The highest BCUT2D eigenvalue weighted by Gasteiger charge is 2.15. The zero-order chi connectivity index (χ0) is 20.1. The molecule has 2 aromatic heterocycles. The molecule has 7 nitrogen and oxygen atoms in total. The van der Waals surface area contributed by atoms with E-state index in [9.17, 15) is 4.79 Å². The lowest BCUT2D eigenvalue weighted by atomic mass is 10.2. The highest BCUT2D eigenvalue weighted by molar-refractivity contribution is 7.99. The Kier molecular flexibility index (Phi) is 6.19. The lowest BCUT2D eigenvalue weighted by molar-refractivity contribution is -0.113. The Labute approximate surface area is 173 Å². The number of thioether (sulfide) groups is 1. The first-order chi connectivity index (χ1) is 14.2. The molecule has 0 spiro atoms. The van der Waals surface area contributed by atoms with Gasteiger partial charge in [-0.25, -0.2) is 0 Å². The van der Waals surface area contributed by atoms with E-state index < -0.39 is 0 Å². The molecular formula is C21H24N4O3S. The van der Waals surface area contributed by atoms with Crippen LogP contribution >= 0.6 is 11.8 Å². The fourth-order valence-electron chi connectivity index (χ4n) is 3.39. The first kappa shape index (κ1) is 19.6. The van der Waals surface area contributed by atoms with Crippen LogP contribution in [0.1, 0.15) is 31.4 Å². The molecule has 1 N–H and O–H groups in total. The summed E-state index contributed by atoms with van der Waals surface area (Å²) < 4.78 is 10.8. The van der Waals surface area contributed by atoms with E-state index in [1.54, 1.807) is 12.3 Å². The summed E-state index contributed by atoms with van der Waals surface area (Å²) in [6.45, 7) is 4.04. The molecule has 1 saturated heterocycles. The number of nitrogens with zero attached hydrogens (tertiary/aromatic N) is 3. The van der Waals surface area contributed by atoms with Crippen LogP contribution < -0.4 is 10.2 Å². The fraction of sp³-hybridized carbons (Fsp3) is 0.381. The highest BCUT2D eigenvalue weighted by Crippen LogP contribution is 2.26. The minimum atomic E-state index is -0.114. The van der Waals surface area contributed by atoms with Crippen LogP contribution in [-0.2, 0) is 4.79 Å². The standard InChI is InChI=1S/C21H24N4O3S/c1-15-18(10-13-27-15)20-23-24-21(28-20)29-14-19(26)22-16-6-8-17(9-7-16)25-11-4-2-3-5-12-25/h6-10,13H,2-5,11-12,14H2,1H3,(H,22,26). The van der Waals surface area contributed by atoms with Crippen LogP contribution in [0.25, 0.3) is 11.5 Å². The number of aryl methyl sites for hydroxylation is 1. The van der Waals surface area contributed by atoms with Crippen LogP contribution in [0.15, 0.2) is 50.7 Å². The van der Waals surface area contributed by atoms with Gasteiger partial charge in [-0.2, -0.15) is 0 Å². The maximum Gasteiger partial charge on any atom is 0.277 e. The molecule has 1 aliphatic heterocycles. The molecule has 0 atom stereocenters. The first-order valence-electron chi connectivity index (χ1n) is 9.85. The lowest BCUT2D eigenvalue weighted by Gasteiger charge is -2.22. The summed E-state index contributed by atoms with van der Waals surface area (Å²) in [6.07, 6.45) is 6.69. The molecule has 3 aromatic rings. The number of benzene rings is 1. The maximum atomic E-state index is 12.3. The average Bonchev–Trinajstić information content (AvgIpc) is 3.27. The van der Waals surface area contributed by atoms with Crippen LogP contribution in [0.3, 0.4) is 0 Å². The van der Waals surface area contributed by atoms with E-state index >= 15 is 0 Å². The SMILES string of the molecule is Cc1occc1-c1nnc(SCC(=O)Nc2ccc(N3CCCCCC3)cc2)o1. The minimum Gasteiger partial charge on any atom is -0.469 e. The molecule has 0 unspecified atom stereocenters. The number of carbonyl (C=O) groups excluding carboxylic acids is 1. The van der Waals surface area contributed by atoms with Crippen molar-refractivity contribution in [2.24, 2.45) is 0 Å². The van der Waals surface area contributed by atoms with Gasteiger partial charge in [-0.05, 0) is 50.1 Å². The number of furan rings is 1. The Morgan fingerprint density at radius 3 is 2.55 bits per heavy atom. The smallest absolute Gasteiger partial charge is 0.277 e. The molecule has 3 heterocycles. The largest absolute Gasteiger partial charge is 0.469 e. The fourth-order valence-corrected chi connectivity index (χ4v) is 3.96. The number of rotatable bonds is 6. The summed E-state index contributed by atoms with van der Waals surface area (Å²) in [5.41, 5.74) is 2.76. The Balaban J connectivity index is 1.28. The maximum absolute atomic E-state index is 12.3. The Bertz CT molecular complexity index is 943. The number of amides is 1. The molecule has 1 amide bonds. The number of hydrogen-bond acceptors (Lipinski definition) is 7. The van der Waals surface area contributed by atoms with Gasteiger partial charge in [-0.3, -0.25) is 4.79 Å². The van der Waals surface area contributed by atoms with Gasteiger partial charge in [0, 0.05) is 24.5 Å². The van der Waals surface area contributed by atoms with Crippen molar-refractivity contribution in [2.45, 2.75) is 37.8 Å². The first-order valence-corrected chi connectivity index (χ1v) is 10.8. The molecule has 8 heteroatoms. The monoisotopic (exact) mass is 412 g/mol. The zero-order valence-electron chi connectivity index (χ0n) is 16.4. The number of hydrogen-bond donors (Lipinski definition) is 1. The van der Waals surface area contributed by atoms with E-state index in [0.717, 1.165) is 24.3 Å². The van der Waals surface area contributed by atoms with Gasteiger partial charge in [0.2, 0.25) is 5.91 Å². The van der Waals surface area contributed by atoms with E-state index in [-0.39, 0.29) is 11.7 Å². The minimum absolute atomic E-state index is 0.114. The van der Waals surface area contributed by atoms with Gasteiger partial charge < -0.3 is 19.1 Å². The van der Waals surface area contributed by atoms with Gasteiger partial charge in [0.1, 0.15) is 5.76 Å². The third-order valence-electron chi connectivity index (χ3n) is 4.94. The molecule has 1 aromatic carbocycles. The van der Waals surface area contributed by atoms with Gasteiger partial charge in [0.25, 0.3) is 11.1 Å². The molecule has 0 bridgehead atoms. The van der Waals surface area contributed by atoms with Crippen LogP contribution in [-0.4, -0.2) is 34.9 Å². The molecule has 0 saturated carbocycles. The number of carbonyl (C=O) groups is 1. The third kappa shape index (κ3) is 5.00. The van der Waals surface area contributed by atoms with Gasteiger partial charge in [0.15, 0.2) is 0 Å². The Hall–Kier alpha value is -2.74. The number of nitrogens with one attached hydrogen (secondary N) is 1. The second kappa shape index (κ2) is 9.17. The number of anilines is 2. The van der Waals surface area contributed by atoms with Gasteiger partial charge in [-0.15, -0.1) is 10.2 Å². The summed E-state index contributed by atoms with van der Waals surface area (Å²) >= 11 is 1.21. The van der Waals surface area contributed by atoms with E-state index in [0.29, 0.717) is 16.9 Å². The highest BCUT2D eigenvalue weighted by atomic mass is 32.2. The molecule has 0 aliphatic carbocycles. The van der Waals surface area contributed by atoms with E-state index in [2.05, 4.69) is 32.5 Å². The summed E-state index contributed by atoms with van der Waals surface area (Å²) in [7, 11) is 0. The summed E-state index contributed by atoms with van der Waals surface area (Å²) in [6, 6.07) is 9.83. The second-order valence-electron chi connectivity index (χ2n) is 7.05. The predicted octanol–water partition coefficient (Wildman–Crippen LogP) is 4.75. The summed E-state index contributed by atoms with van der Waals surface area (Å²) in [4.78, 5) is 14.7. The van der Waals surface area contributed by atoms with Crippen molar-refractivity contribution in [3.63, 3.8) is 0 Å². The Morgan fingerprint density at radius 1 is 1.10 bits per heavy atom. The quantitative estimate of drug-likeness (QED) is 0.585. The van der Waals surface area contributed by atoms with Gasteiger partial charge in [0.05, 0.1) is 17.6 Å². The molecule has 1 fully saturated rings. The molecule has 152 valence electrons. The summed E-state index contributed by atoms with van der Waals surface area (Å²) in [5.74, 6) is 1.19. The van der Waals surface area contributed by atoms with Crippen molar-refractivity contribution in [3.8, 4) is 11.5 Å². The second-order valence-corrected chi connectivity index (χ2v) is 7.98. The van der Waals surface area contributed by atoms with E-state index in [4.69, 9.17) is 8.83 Å². The van der Waals surface area contributed by atoms with Gasteiger partial charge in [-0.1, -0.05) is 24.6 Å². The van der Waals surface area contributed by atoms with Crippen LogP contribution in [0.2, 0.25) is 0 Å². The van der Waals surface area contributed by atoms with Crippen LogP contribution in [0, 0.1) is 6.92 Å². The lowest BCUT2D eigenvalue weighted by Crippen LogP contribution is -2.23. The topological polar surface area (TPSA) is 84.4 Å². The van der Waals surface area contributed by atoms with Crippen molar-refractivity contribution in [2.75, 3.05) is 29.1 Å². The molecule has 4 rings (SSSR count). The van der Waals surface area contributed by atoms with E-state index in [1.807, 2.05) is 19.1 Å². The van der Waals surface area contributed by atoms with Gasteiger partial charge >= 0.3 is 0 Å². The zero-order valence-corrected chi connectivity index (χ0v) is 17.2. The Morgan fingerprint density at radius 2 is 1.86 bits per heavy atom. The average molecular weight is 413 g/mol. The van der Waals surface area contributed by atoms with Crippen molar-refractivity contribution in [1.29, 1.82) is 0 Å². The van der Waals surface area contributed by atoms with E-state index in [1.165, 1.54) is 43.1 Å². The summed E-state index contributed by atoms with van der Waals surface area (Å²) in [5, 5.41) is 11.3. The molecule has 29 heavy (non-hydrogen) atoms. The molecule has 1 aliphatic rings. The molecule has 0 radical (unpaired) electrons. The normalized spacial score (nSPS) is 14.6. The van der Waals surface area contributed by atoms with Crippen molar-refractivity contribution in [3.05, 3.63) is 42.4 Å². The third-order valence-corrected chi connectivity index (χ3v) is 5.76. The van der Waals surface area contributed by atoms with Crippen molar-refractivity contribution in [1.82, 2.24) is 10.2 Å². The van der Waals surface area contributed by atoms with Crippen LogP contribution in [0.5, 0.6) is 0 Å². The van der Waals surface area contributed by atoms with Crippen LogP contribution in [0.4, 0.5) is 11.4 Å². The van der Waals surface area contributed by atoms with Crippen molar-refractivity contribution >= 4 is 29.0 Å². The molecular weight excluding hydrogens is 388 g/mol. The van der Waals surface area contributed by atoms with Crippen molar-refractivity contribution < 1.29 is 13.6 Å². The number of aromatic nitrogens is 2.